The molecule has 0 radical (unpaired) electrons. The molecule has 156 valence electrons. The minimum atomic E-state index is -0.730. The molecule has 0 amide bonds. The number of methoxy groups -OCH3 is 1. The van der Waals surface area contributed by atoms with Crippen LogP contribution in [0.25, 0.3) is 6.08 Å². The Hall–Kier alpha value is -3.21. The standard InChI is InChI=1S/C21H17Cl2NO6/c1-3-28-21(26)14(11-24)8-13-4-7-17(19(9-13)27-2)30-20(25)12-29-18-10-15(22)5-6-16(18)23/h4-10H,3,12H2,1-2H3/b14-8+. The summed E-state index contributed by atoms with van der Waals surface area (Å²) in [6, 6.07) is 10.9. The number of halogens is 2. The Bertz CT molecular complexity index is 1010. The maximum atomic E-state index is 12.1. The Labute approximate surface area is 183 Å². The summed E-state index contributed by atoms with van der Waals surface area (Å²) < 4.78 is 20.6. The lowest BCUT2D eigenvalue weighted by molar-refractivity contribution is -0.138. The monoisotopic (exact) mass is 449 g/mol. The number of hydrogen-bond acceptors (Lipinski definition) is 7. The third kappa shape index (κ3) is 6.41. The fourth-order valence-corrected chi connectivity index (χ4v) is 2.58. The van der Waals surface area contributed by atoms with Gasteiger partial charge in [-0.3, -0.25) is 0 Å². The number of benzene rings is 2. The maximum Gasteiger partial charge on any atom is 0.349 e. The molecule has 0 saturated heterocycles. The summed E-state index contributed by atoms with van der Waals surface area (Å²) in [6.45, 7) is 1.38. The Morgan fingerprint density at radius 2 is 1.87 bits per heavy atom. The Morgan fingerprint density at radius 1 is 1.10 bits per heavy atom. The summed E-state index contributed by atoms with van der Waals surface area (Å²) in [7, 11) is 1.39. The van der Waals surface area contributed by atoms with Gasteiger partial charge in [0.25, 0.3) is 0 Å². The highest BCUT2D eigenvalue weighted by atomic mass is 35.5. The molecule has 7 nitrogen and oxygen atoms in total. The van der Waals surface area contributed by atoms with E-state index in [0.29, 0.717) is 15.6 Å². The molecule has 0 N–H and O–H groups in total. The topological polar surface area (TPSA) is 94.9 Å². The zero-order valence-corrected chi connectivity index (χ0v) is 17.6. The molecule has 0 saturated carbocycles. The van der Waals surface area contributed by atoms with Crippen LogP contribution in [0.4, 0.5) is 0 Å². The number of carbonyl (C=O) groups is 2. The first-order valence-corrected chi connectivity index (χ1v) is 9.39. The summed E-state index contributed by atoms with van der Waals surface area (Å²) in [5, 5.41) is 9.83. The van der Waals surface area contributed by atoms with E-state index in [1.54, 1.807) is 31.2 Å². The molecule has 0 spiro atoms. The van der Waals surface area contributed by atoms with E-state index in [4.69, 9.17) is 47.4 Å². The van der Waals surface area contributed by atoms with E-state index in [2.05, 4.69) is 0 Å². The van der Waals surface area contributed by atoms with Crippen LogP contribution in [-0.4, -0.2) is 32.3 Å². The first-order chi connectivity index (χ1) is 14.4. The summed E-state index contributed by atoms with van der Waals surface area (Å²) >= 11 is 11.9. The van der Waals surface area contributed by atoms with Crippen LogP contribution in [0.3, 0.4) is 0 Å². The van der Waals surface area contributed by atoms with Crippen molar-refractivity contribution in [3.05, 3.63) is 57.6 Å². The lowest BCUT2D eigenvalue weighted by Crippen LogP contribution is -2.18. The number of nitriles is 1. The molecule has 0 aliphatic rings. The highest BCUT2D eigenvalue weighted by Gasteiger charge is 2.14. The van der Waals surface area contributed by atoms with Gasteiger partial charge in [0.2, 0.25) is 0 Å². The van der Waals surface area contributed by atoms with Gasteiger partial charge in [-0.15, -0.1) is 0 Å². The molecule has 30 heavy (non-hydrogen) atoms. The van der Waals surface area contributed by atoms with Gasteiger partial charge in [0.1, 0.15) is 17.4 Å². The third-order valence-corrected chi connectivity index (χ3v) is 4.12. The van der Waals surface area contributed by atoms with E-state index in [9.17, 15) is 9.59 Å². The van der Waals surface area contributed by atoms with E-state index in [0.717, 1.165) is 0 Å². The third-order valence-electron chi connectivity index (χ3n) is 3.58. The quantitative estimate of drug-likeness (QED) is 0.254. The molecule has 0 aliphatic carbocycles. The van der Waals surface area contributed by atoms with Crippen molar-refractivity contribution < 1.29 is 28.5 Å². The van der Waals surface area contributed by atoms with Crippen molar-refractivity contribution in [1.82, 2.24) is 0 Å². The van der Waals surface area contributed by atoms with Crippen LogP contribution in [0.2, 0.25) is 10.0 Å². The first kappa shape index (κ1) is 23.1. The molecular weight excluding hydrogens is 433 g/mol. The van der Waals surface area contributed by atoms with E-state index in [-0.39, 0.29) is 29.4 Å². The zero-order valence-electron chi connectivity index (χ0n) is 16.1. The van der Waals surface area contributed by atoms with E-state index < -0.39 is 18.5 Å². The van der Waals surface area contributed by atoms with Crippen LogP contribution in [0.1, 0.15) is 12.5 Å². The average molecular weight is 450 g/mol. The van der Waals surface area contributed by atoms with Gasteiger partial charge in [0.05, 0.1) is 18.7 Å². The highest BCUT2D eigenvalue weighted by Crippen LogP contribution is 2.30. The largest absolute Gasteiger partial charge is 0.493 e. The fourth-order valence-electron chi connectivity index (χ4n) is 2.25. The van der Waals surface area contributed by atoms with Gasteiger partial charge in [-0.1, -0.05) is 29.3 Å². The van der Waals surface area contributed by atoms with E-state index in [1.165, 1.54) is 31.4 Å². The second kappa shape index (κ2) is 11.1. The summed E-state index contributed by atoms with van der Waals surface area (Å²) in [6.07, 6.45) is 1.34. The first-order valence-electron chi connectivity index (χ1n) is 8.63. The number of ether oxygens (including phenoxy) is 4. The van der Waals surface area contributed by atoms with Crippen LogP contribution >= 0.6 is 23.2 Å². The van der Waals surface area contributed by atoms with Gasteiger partial charge in [-0.2, -0.15) is 5.26 Å². The maximum absolute atomic E-state index is 12.1. The molecule has 2 aromatic rings. The van der Waals surface area contributed by atoms with Crippen LogP contribution in [0, 0.1) is 11.3 Å². The Morgan fingerprint density at radius 3 is 2.53 bits per heavy atom. The smallest absolute Gasteiger partial charge is 0.349 e. The number of rotatable bonds is 8. The van der Waals surface area contributed by atoms with Crippen molar-refractivity contribution in [2.45, 2.75) is 6.92 Å². The summed E-state index contributed by atoms with van der Waals surface area (Å²) in [5.41, 5.74) is 0.314. The summed E-state index contributed by atoms with van der Waals surface area (Å²) in [4.78, 5) is 23.9. The van der Waals surface area contributed by atoms with Crippen LogP contribution in [-0.2, 0) is 14.3 Å². The second-order valence-electron chi connectivity index (χ2n) is 5.64. The SMILES string of the molecule is CCOC(=O)/C(C#N)=C/c1ccc(OC(=O)COc2cc(Cl)ccc2Cl)c(OC)c1. The molecule has 0 fully saturated rings. The molecule has 2 rings (SSSR count). The van der Waals surface area contributed by atoms with Gasteiger partial charge >= 0.3 is 11.9 Å². The van der Waals surface area contributed by atoms with E-state index in [1.807, 2.05) is 0 Å². The van der Waals surface area contributed by atoms with Crippen LogP contribution < -0.4 is 14.2 Å². The molecule has 0 atom stereocenters. The lowest BCUT2D eigenvalue weighted by Gasteiger charge is -2.11. The second-order valence-corrected chi connectivity index (χ2v) is 6.48. The normalized spacial score (nSPS) is 10.7. The van der Waals surface area contributed by atoms with Gasteiger partial charge in [0.15, 0.2) is 18.1 Å². The Balaban J connectivity index is 2.11. The minimum Gasteiger partial charge on any atom is -0.493 e. The predicted octanol–water partition coefficient (Wildman–Crippen LogP) is 4.46. The number of nitrogens with zero attached hydrogens (tertiary/aromatic N) is 1. The number of carbonyl (C=O) groups excluding carboxylic acids is 2. The molecule has 0 aromatic heterocycles. The number of esters is 2. The lowest BCUT2D eigenvalue weighted by atomic mass is 10.1. The zero-order chi connectivity index (χ0) is 22.1. The highest BCUT2D eigenvalue weighted by molar-refractivity contribution is 6.34. The molecule has 0 aliphatic heterocycles. The van der Waals surface area contributed by atoms with Gasteiger partial charge < -0.3 is 18.9 Å². The molecular formula is C21H17Cl2NO6. The predicted molar refractivity (Wildman–Crippen MR) is 111 cm³/mol. The van der Waals surface area contributed by atoms with Crippen molar-refractivity contribution in [1.29, 1.82) is 5.26 Å². The van der Waals surface area contributed by atoms with Crippen molar-refractivity contribution in [3.8, 4) is 23.3 Å². The van der Waals surface area contributed by atoms with Crippen molar-refractivity contribution in [2.75, 3.05) is 20.3 Å². The van der Waals surface area contributed by atoms with Gasteiger partial charge in [-0.05, 0) is 42.8 Å². The summed E-state index contributed by atoms with van der Waals surface area (Å²) in [5.74, 6) is -0.825. The van der Waals surface area contributed by atoms with Gasteiger partial charge in [0, 0.05) is 11.1 Å². The number of hydrogen-bond donors (Lipinski definition) is 0. The van der Waals surface area contributed by atoms with Crippen molar-refractivity contribution in [2.24, 2.45) is 0 Å². The molecule has 0 unspecified atom stereocenters. The van der Waals surface area contributed by atoms with Crippen LogP contribution in [0.5, 0.6) is 17.2 Å². The van der Waals surface area contributed by atoms with E-state index >= 15 is 0 Å². The van der Waals surface area contributed by atoms with Crippen LogP contribution in [0.15, 0.2) is 42.0 Å². The average Bonchev–Trinajstić information content (AvgIpc) is 2.73. The minimum absolute atomic E-state index is 0.134. The fraction of sp³-hybridized carbons (Fsp3) is 0.190. The molecule has 0 bridgehead atoms. The Kier molecular flexibility index (Phi) is 8.54. The van der Waals surface area contributed by atoms with Gasteiger partial charge in [-0.25, -0.2) is 9.59 Å². The molecule has 2 aromatic carbocycles. The molecule has 9 heteroatoms. The van der Waals surface area contributed by atoms with Crippen molar-refractivity contribution in [3.63, 3.8) is 0 Å². The molecule has 0 heterocycles. The van der Waals surface area contributed by atoms with Crippen molar-refractivity contribution >= 4 is 41.2 Å².